The average Bonchev–Trinajstić information content (AvgIpc) is 2.34. The summed E-state index contributed by atoms with van der Waals surface area (Å²) in [6, 6.07) is 13.9. The van der Waals surface area contributed by atoms with Crippen LogP contribution in [0, 0.1) is 3.57 Å². The van der Waals surface area contributed by atoms with Crippen LogP contribution in [-0.4, -0.2) is 4.99 Å². The minimum absolute atomic E-state index is 0.414. The van der Waals surface area contributed by atoms with Gasteiger partial charge in [-0.25, -0.2) is 0 Å². The van der Waals surface area contributed by atoms with Crippen LogP contribution in [0.4, 0.5) is 11.4 Å². The van der Waals surface area contributed by atoms with Crippen LogP contribution in [0.5, 0.6) is 0 Å². The van der Waals surface area contributed by atoms with E-state index in [4.69, 9.17) is 18.0 Å². The van der Waals surface area contributed by atoms with Crippen molar-refractivity contribution in [3.8, 4) is 0 Å². The Morgan fingerprint density at radius 1 is 1.17 bits per heavy atom. The van der Waals surface area contributed by atoms with Gasteiger partial charge in [-0.3, -0.25) is 0 Å². The van der Waals surface area contributed by atoms with Gasteiger partial charge in [0.25, 0.3) is 0 Å². The topological polar surface area (TPSA) is 38.0 Å². The first-order valence-corrected chi connectivity index (χ1v) is 7.46. The summed E-state index contributed by atoms with van der Waals surface area (Å²) in [5, 5.41) is 3.34. The summed E-state index contributed by atoms with van der Waals surface area (Å²) in [4.78, 5) is 0.414. The third kappa shape index (κ3) is 3.43. The van der Waals surface area contributed by atoms with Crippen molar-refractivity contribution in [3.05, 3.63) is 56.1 Å². The summed E-state index contributed by atoms with van der Waals surface area (Å²) < 4.78 is 2.21. The predicted molar refractivity (Wildman–Crippen MR) is 92.5 cm³/mol. The van der Waals surface area contributed by atoms with Gasteiger partial charge in [-0.1, -0.05) is 12.2 Å². The maximum Gasteiger partial charge on any atom is 0.103 e. The number of benzene rings is 2. The van der Waals surface area contributed by atoms with Gasteiger partial charge >= 0.3 is 0 Å². The molecule has 0 aliphatic heterocycles. The number of nitrogens with two attached hydrogens (primary N) is 1. The van der Waals surface area contributed by atoms with Crippen LogP contribution < -0.4 is 11.1 Å². The van der Waals surface area contributed by atoms with E-state index in [0.29, 0.717) is 4.99 Å². The molecule has 2 nitrogen and oxygen atoms in total. The fraction of sp³-hybridized carbons (Fsp3) is 0. The van der Waals surface area contributed by atoms with Gasteiger partial charge in [0, 0.05) is 19.3 Å². The fourth-order valence-electron chi connectivity index (χ4n) is 1.47. The molecule has 0 amide bonds. The first-order chi connectivity index (χ1) is 8.56. The summed E-state index contributed by atoms with van der Waals surface area (Å²) in [6.07, 6.45) is 0. The molecule has 0 atom stereocenters. The molecular weight excluding hydrogens is 423 g/mol. The van der Waals surface area contributed by atoms with Crippen LogP contribution in [0.2, 0.25) is 0 Å². The normalized spacial score (nSPS) is 10.1. The molecule has 0 saturated carbocycles. The molecule has 0 fully saturated rings. The molecule has 2 aromatic carbocycles. The maximum absolute atomic E-state index is 5.56. The van der Waals surface area contributed by atoms with Crippen LogP contribution in [0.3, 0.4) is 0 Å². The SMILES string of the molecule is NC(=S)c1ccc(Nc2cc(I)ccc2Br)cc1. The molecule has 0 spiro atoms. The summed E-state index contributed by atoms with van der Waals surface area (Å²) in [7, 11) is 0. The van der Waals surface area contributed by atoms with Crippen molar-refractivity contribution in [1.82, 2.24) is 0 Å². The van der Waals surface area contributed by atoms with E-state index in [9.17, 15) is 0 Å². The van der Waals surface area contributed by atoms with E-state index >= 15 is 0 Å². The van der Waals surface area contributed by atoms with Crippen molar-refractivity contribution in [2.24, 2.45) is 5.73 Å². The molecule has 3 N–H and O–H groups in total. The molecule has 0 aliphatic carbocycles. The molecule has 0 bridgehead atoms. The number of hydrogen-bond donors (Lipinski definition) is 2. The van der Waals surface area contributed by atoms with Crippen molar-refractivity contribution in [1.29, 1.82) is 0 Å². The standard InChI is InChI=1S/C13H10BrIN2S/c14-11-6-3-9(15)7-12(11)17-10-4-1-8(2-5-10)13(16)18/h1-7,17H,(H2,16,18). The lowest BCUT2D eigenvalue weighted by molar-refractivity contribution is 1.50. The highest BCUT2D eigenvalue weighted by Gasteiger charge is 2.02. The smallest absolute Gasteiger partial charge is 0.103 e. The lowest BCUT2D eigenvalue weighted by Gasteiger charge is -2.09. The van der Waals surface area contributed by atoms with E-state index in [1.807, 2.05) is 36.4 Å². The summed E-state index contributed by atoms with van der Waals surface area (Å²) in [5.41, 5.74) is 8.47. The highest BCUT2D eigenvalue weighted by molar-refractivity contribution is 14.1. The molecule has 92 valence electrons. The van der Waals surface area contributed by atoms with Crippen LogP contribution >= 0.6 is 50.7 Å². The number of thiocarbonyl (C=S) groups is 1. The number of nitrogens with one attached hydrogen (secondary N) is 1. The molecule has 5 heteroatoms. The van der Waals surface area contributed by atoms with Crippen LogP contribution in [-0.2, 0) is 0 Å². The Morgan fingerprint density at radius 3 is 2.44 bits per heavy atom. The van der Waals surface area contributed by atoms with Gasteiger partial charge < -0.3 is 11.1 Å². The van der Waals surface area contributed by atoms with Crippen LogP contribution in [0.15, 0.2) is 46.9 Å². The number of halogens is 2. The Kier molecular flexibility index (Phi) is 4.58. The third-order valence-electron chi connectivity index (χ3n) is 2.38. The monoisotopic (exact) mass is 432 g/mol. The van der Waals surface area contributed by atoms with E-state index in [1.54, 1.807) is 0 Å². The van der Waals surface area contributed by atoms with E-state index < -0.39 is 0 Å². The van der Waals surface area contributed by atoms with E-state index in [0.717, 1.165) is 21.4 Å². The zero-order chi connectivity index (χ0) is 13.1. The van der Waals surface area contributed by atoms with Crippen LogP contribution in [0.25, 0.3) is 0 Å². The van der Waals surface area contributed by atoms with Gasteiger partial charge in [-0.05, 0) is 81.0 Å². The molecule has 0 saturated heterocycles. The van der Waals surface area contributed by atoms with Gasteiger partial charge in [-0.15, -0.1) is 0 Å². The van der Waals surface area contributed by atoms with Crippen molar-refractivity contribution in [2.75, 3.05) is 5.32 Å². The van der Waals surface area contributed by atoms with Gasteiger partial charge in [0.15, 0.2) is 0 Å². The first kappa shape index (κ1) is 13.8. The molecule has 0 unspecified atom stereocenters. The Labute approximate surface area is 133 Å². The highest BCUT2D eigenvalue weighted by atomic mass is 127. The Bertz CT molecular complexity index is 584. The number of anilines is 2. The van der Waals surface area contributed by atoms with Crippen molar-refractivity contribution in [2.45, 2.75) is 0 Å². The van der Waals surface area contributed by atoms with E-state index in [-0.39, 0.29) is 0 Å². The minimum Gasteiger partial charge on any atom is -0.389 e. The number of hydrogen-bond acceptors (Lipinski definition) is 2. The summed E-state index contributed by atoms with van der Waals surface area (Å²) in [6.45, 7) is 0. The fourth-order valence-corrected chi connectivity index (χ4v) is 2.44. The second-order valence-electron chi connectivity index (χ2n) is 3.69. The largest absolute Gasteiger partial charge is 0.389 e. The molecule has 0 heterocycles. The first-order valence-electron chi connectivity index (χ1n) is 5.18. The average molecular weight is 433 g/mol. The second-order valence-corrected chi connectivity index (χ2v) is 6.23. The lowest BCUT2D eigenvalue weighted by Crippen LogP contribution is -2.08. The number of rotatable bonds is 3. The predicted octanol–water partition coefficient (Wildman–Crippen LogP) is 4.43. The minimum atomic E-state index is 0.414. The van der Waals surface area contributed by atoms with Crippen molar-refractivity contribution < 1.29 is 0 Å². The quantitative estimate of drug-likeness (QED) is 0.556. The summed E-state index contributed by atoms with van der Waals surface area (Å²) >= 11 is 10.7. The maximum atomic E-state index is 5.56. The molecule has 0 aromatic heterocycles. The van der Waals surface area contributed by atoms with Gasteiger partial charge in [-0.2, -0.15) is 0 Å². The van der Waals surface area contributed by atoms with Crippen LogP contribution in [0.1, 0.15) is 5.56 Å². The Hall–Kier alpha value is -0.660. The Balaban J connectivity index is 2.23. The molecular formula is C13H10BrIN2S. The van der Waals surface area contributed by atoms with Crippen molar-refractivity contribution >= 4 is 67.1 Å². The third-order valence-corrected chi connectivity index (χ3v) is 3.98. The van der Waals surface area contributed by atoms with Crippen molar-refractivity contribution in [3.63, 3.8) is 0 Å². The van der Waals surface area contributed by atoms with Gasteiger partial charge in [0.2, 0.25) is 0 Å². The Morgan fingerprint density at radius 2 is 1.83 bits per heavy atom. The van der Waals surface area contributed by atoms with E-state index in [2.05, 4.69) is 49.9 Å². The molecule has 2 aromatic rings. The van der Waals surface area contributed by atoms with Gasteiger partial charge in [0.1, 0.15) is 4.99 Å². The zero-order valence-corrected chi connectivity index (χ0v) is 13.8. The van der Waals surface area contributed by atoms with E-state index in [1.165, 1.54) is 3.57 Å². The molecule has 2 rings (SSSR count). The van der Waals surface area contributed by atoms with Gasteiger partial charge in [0.05, 0.1) is 5.69 Å². The second kappa shape index (κ2) is 5.99. The highest BCUT2D eigenvalue weighted by Crippen LogP contribution is 2.27. The molecule has 0 aliphatic rings. The zero-order valence-electron chi connectivity index (χ0n) is 9.28. The molecule has 18 heavy (non-hydrogen) atoms. The molecule has 0 radical (unpaired) electrons. The lowest BCUT2D eigenvalue weighted by atomic mass is 10.2. The summed E-state index contributed by atoms with van der Waals surface area (Å²) in [5.74, 6) is 0.